The quantitative estimate of drug-likeness (QED) is 0.779. The van der Waals surface area contributed by atoms with Crippen LogP contribution in [0, 0.1) is 0 Å². The van der Waals surface area contributed by atoms with Crippen LogP contribution in [0.4, 0.5) is 0 Å². The molecule has 2 aromatic heterocycles. The highest BCUT2D eigenvalue weighted by atomic mass is 16.3. The third kappa shape index (κ3) is 2.56. The summed E-state index contributed by atoms with van der Waals surface area (Å²) in [5.41, 5.74) is 3.22. The highest BCUT2D eigenvalue weighted by Gasteiger charge is 2.49. The van der Waals surface area contributed by atoms with Crippen molar-refractivity contribution in [3.05, 3.63) is 65.1 Å². The highest BCUT2D eigenvalue weighted by Crippen LogP contribution is 2.53. The lowest BCUT2D eigenvalue weighted by Gasteiger charge is -2.19. The summed E-state index contributed by atoms with van der Waals surface area (Å²) in [7, 11) is 0. The molecule has 0 bridgehead atoms. The number of rotatable bonds is 4. The molecule has 0 atom stereocenters. The van der Waals surface area contributed by atoms with Gasteiger partial charge in [-0.05, 0) is 49.8 Å². The van der Waals surface area contributed by atoms with Gasteiger partial charge in [0, 0.05) is 11.8 Å². The molecular formula is C21H25N3O. The SMILES string of the molecule is CC(C)c1ccc(C2(c3nnc4c(C(C)(C)O)cccn34)CC2)cc1. The van der Waals surface area contributed by atoms with Crippen molar-refractivity contribution in [3.63, 3.8) is 0 Å². The van der Waals surface area contributed by atoms with Crippen LogP contribution in [-0.4, -0.2) is 19.7 Å². The zero-order valence-corrected chi connectivity index (χ0v) is 15.3. The lowest BCUT2D eigenvalue weighted by atomic mass is 9.92. The maximum atomic E-state index is 10.4. The van der Waals surface area contributed by atoms with E-state index < -0.39 is 5.60 Å². The van der Waals surface area contributed by atoms with Gasteiger partial charge in [0.15, 0.2) is 5.65 Å². The van der Waals surface area contributed by atoms with Crippen molar-refractivity contribution >= 4 is 5.65 Å². The summed E-state index contributed by atoms with van der Waals surface area (Å²) in [6.45, 7) is 8.00. The zero-order valence-electron chi connectivity index (χ0n) is 15.3. The Hall–Kier alpha value is -2.20. The topological polar surface area (TPSA) is 50.4 Å². The van der Waals surface area contributed by atoms with Crippen molar-refractivity contribution in [1.29, 1.82) is 0 Å². The van der Waals surface area contributed by atoms with Gasteiger partial charge in [0.1, 0.15) is 5.82 Å². The third-order valence-electron chi connectivity index (χ3n) is 5.40. The van der Waals surface area contributed by atoms with Crippen molar-refractivity contribution in [2.75, 3.05) is 0 Å². The smallest absolute Gasteiger partial charge is 0.166 e. The van der Waals surface area contributed by atoms with Gasteiger partial charge in [0.05, 0.1) is 11.0 Å². The molecule has 0 saturated heterocycles. The van der Waals surface area contributed by atoms with Gasteiger partial charge in [-0.25, -0.2) is 0 Å². The molecule has 4 rings (SSSR count). The van der Waals surface area contributed by atoms with Crippen molar-refractivity contribution in [1.82, 2.24) is 14.6 Å². The molecule has 1 N–H and O–H groups in total. The van der Waals surface area contributed by atoms with Gasteiger partial charge in [-0.1, -0.05) is 44.2 Å². The molecule has 1 aliphatic carbocycles. The summed E-state index contributed by atoms with van der Waals surface area (Å²) in [5, 5.41) is 19.4. The molecule has 1 aromatic carbocycles. The maximum absolute atomic E-state index is 10.4. The van der Waals surface area contributed by atoms with Gasteiger partial charge in [0.25, 0.3) is 0 Å². The predicted molar refractivity (Wildman–Crippen MR) is 98.8 cm³/mol. The van der Waals surface area contributed by atoms with Crippen LogP contribution in [0.2, 0.25) is 0 Å². The molecule has 0 amide bonds. The largest absolute Gasteiger partial charge is 0.386 e. The minimum atomic E-state index is -0.942. The Kier molecular flexibility index (Phi) is 3.51. The molecule has 2 heterocycles. The number of hydrogen-bond acceptors (Lipinski definition) is 3. The summed E-state index contributed by atoms with van der Waals surface area (Å²) < 4.78 is 2.05. The van der Waals surface area contributed by atoms with Crippen molar-refractivity contribution in [2.24, 2.45) is 0 Å². The molecule has 1 aliphatic rings. The Morgan fingerprint density at radius 3 is 2.32 bits per heavy atom. The fourth-order valence-corrected chi connectivity index (χ4v) is 3.67. The average Bonchev–Trinajstić information content (AvgIpc) is 3.26. The van der Waals surface area contributed by atoms with Crippen molar-refractivity contribution in [2.45, 2.75) is 57.5 Å². The molecule has 0 spiro atoms. The fourth-order valence-electron chi connectivity index (χ4n) is 3.67. The molecule has 25 heavy (non-hydrogen) atoms. The number of pyridine rings is 1. The van der Waals surface area contributed by atoms with E-state index in [0.29, 0.717) is 5.92 Å². The average molecular weight is 335 g/mol. The molecule has 0 unspecified atom stereocenters. The minimum Gasteiger partial charge on any atom is -0.386 e. The Bertz CT molecular complexity index is 912. The van der Waals surface area contributed by atoms with E-state index in [-0.39, 0.29) is 5.41 Å². The maximum Gasteiger partial charge on any atom is 0.166 e. The van der Waals surface area contributed by atoms with Crippen LogP contribution in [0.1, 0.15) is 69.0 Å². The predicted octanol–water partition coefficient (Wildman–Crippen LogP) is 4.16. The summed E-state index contributed by atoms with van der Waals surface area (Å²) >= 11 is 0. The number of nitrogens with zero attached hydrogens (tertiary/aromatic N) is 3. The van der Waals surface area contributed by atoms with E-state index in [4.69, 9.17) is 0 Å². The lowest BCUT2D eigenvalue weighted by molar-refractivity contribution is 0.0796. The monoisotopic (exact) mass is 335 g/mol. The lowest BCUT2D eigenvalue weighted by Crippen LogP contribution is -2.18. The first kappa shape index (κ1) is 16.3. The van der Waals surface area contributed by atoms with Gasteiger partial charge < -0.3 is 5.11 Å². The molecule has 1 saturated carbocycles. The van der Waals surface area contributed by atoms with Gasteiger partial charge in [-0.15, -0.1) is 10.2 Å². The van der Waals surface area contributed by atoms with Crippen molar-refractivity contribution < 1.29 is 5.11 Å². The van der Waals surface area contributed by atoms with E-state index in [0.717, 1.165) is 29.9 Å². The molecule has 0 radical (unpaired) electrons. The molecule has 4 nitrogen and oxygen atoms in total. The number of aromatic nitrogens is 3. The zero-order chi connectivity index (χ0) is 17.8. The minimum absolute atomic E-state index is 0.0485. The second-order valence-corrected chi connectivity index (χ2v) is 8.06. The van der Waals surface area contributed by atoms with Crippen molar-refractivity contribution in [3.8, 4) is 0 Å². The van der Waals surface area contributed by atoms with Crippen LogP contribution in [0.3, 0.4) is 0 Å². The Morgan fingerprint density at radius 1 is 1.08 bits per heavy atom. The highest BCUT2D eigenvalue weighted by molar-refractivity contribution is 5.53. The third-order valence-corrected chi connectivity index (χ3v) is 5.40. The molecular weight excluding hydrogens is 310 g/mol. The van der Waals surface area contributed by atoms with Crippen LogP contribution in [0.15, 0.2) is 42.6 Å². The molecule has 1 fully saturated rings. The second kappa shape index (κ2) is 5.40. The van der Waals surface area contributed by atoms with Gasteiger partial charge in [-0.3, -0.25) is 4.40 Å². The number of hydrogen-bond donors (Lipinski definition) is 1. The number of fused-ring (bicyclic) bond motifs is 1. The van der Waals surface area contributed by atoms with E-state index in [2.05, 4.69) is 52.7 Å². The molecule has 4 heteroatoms. The summed E-state index contributed by atoms with van der Waals surface area (Å²) in [4.78, 5) is 0. The van der Waals surface area contributed by atoms with Gasteiger partial charge >= 0.3 is 0 Å². The first-order valence-electron chi connectivity index (χ1n) is 9.00. The van der Waals surface area contributed by atoms with E-state index in [1.165, 1.54) is 11.1 Å². The number of benzene rings is 1. The van der Waals surface area contributed by atoms with E-state index in [1.807, 2.05) is 18.3 Å². The van der Waals surface area contributed by atoms with E-state index >= 15 is 0 Å². The van der Waals surface area contributed by atoms with Crippen LogP contribution >= 0.6 is 0 Å². The Balaban J connectivity index is 1.82. The van der Waals surface area contributed by atoms with Crippen LogP contribution in [0.25, 0.3) is 5.65 Å². The van der Waals surface area contributed by atoms with Gasteiger partial charge in [0.2, 0.25) is 0 Å². The van der Waals surface area contributed by atoms with Crippen LogP contribution in [0.5, 0.6) is 0 Å². The normalized spacial score (nSPS) is 16.6. The standard InChI is InChI=1S/C21H25N3O/c1-14(2)15-7-9-16(10-8-15)21(11-12-21)19-23-22-18-17(20(3,4)25)6-5-13-24(18)19/h5-10,13-14,25H,11-12H2,1-4H3. The van der Waals surface area contributed by atoms with E-state index in [1.54, 1.807) is 13.8 Å². The Morgan fingerprint density at radius 2 is 1.76 bits per heavy atom. The van der Waals surface area contributed by atoms with E-state index in [9.17, 15) is 5.11 Å². The molecule has 3 aromatic rings. The summed E-state index contributed by atoms with van der Waals surface area (Å²) in [5.74, 6) is 1.51. The summed E-state index contributed by atoms with van der Waals surface area (Å²) in [6, 6.07) is 12.8. The first-order chi connectivity index (χ1) is 11.8. The molecule has 130 valence electrons. The van der Waals surface area contributed by atoms with Crippen LogP contribution < -0.4 is 0 Å². The Labute approximate surface area is 148 Å². The fraction of sp³-hybridized carbons (Fsp3) is 0.429. The number of aliphatic hydroxyl groups is 1. The molecule has 0 aliphatic heterocycles. The van der Waals surface area contributed by atoms with Crippen LogP contribution in [-0.2, 0) is 11.0 Å². The summed E-state index contributed by atoms with van der Waals surface area (Å²) in [6.07, 6.45) is 4.17. The van der Waals surface area contributed by atoms with Gasteiger partial charge in [-0.2, -0.15) is 0 Å². The first-order valence-corrected chi connectivity index (χ1v) is 9.00. The second-order valence-electron chi connectivity index (χ2n) is 8.06.